The number of rotatable bonds is 4. The third kappa shape index (κ3) is 3.39. The van der Waals surface area contributed by atoms with Crippen molar-refractivity contribution in [2.24, 2.45) is 5.92 Å². The number of aryl methyl sites for hydroxylation is 1. The fourth-order valence-corrected chi connectivity index (χ4v) is 4.14. The Morgan fingerprint density at radius 3 is 3.00 bits per heavy atom. The minimum absolute atomic E-state index is 0.320. The highest BCUT2D eigenvalue weighted by Gasteiger charge is 2.28. The Morgan fingerprint density at radius 2 is 2.30 bits per heavy atom. The molecule has 3 amide bonds. The Labute approximate surface area is 138 Å². The number of hydrogen-bond acceptors (Lipinski definition) is 5. The molecule has 0 bridgehead atoms. The van der Waals surface area contributed by atoms with Gasteiger partial charge in [0.05, 0.1) is 0 Å². The minimum atomic E-state index is -0.485. The zero-order valence-electron chi connectivity index (χ0n) is 13.1. The van der Waals surface area contributed by atoms with Crippen LogP contribution in [-0.2, 0) is 22.4 Å². The maximum Gasteiger partial charge on any atom is 0.348 e. The van der Waals surface area contributed by atoms with Crippen LogP contribution in [0.4, 0.5) is 4.79 Å². The van der Waals surface area contributed by atoms with Gasteiger partial charge in [0.2, 0.25) is 0 Å². The van der Waals surface area contributed by atoms with Crippen LogP contribution in [0.3, 0.4) is 0 Å². The summed E-state index contributed by atoms with van der Waals surface area (Å²) in [6.07, 6.45) is 4.35. The van der Waals surface area contributed by atoms with Crippen molar-refractivity contribution in [1.29, 1.82) is 0 Å². The lowest BCUT2D eigenvalue weighted by Gasteiger charge is -2.19. The first-order valence-corrected chi connectivity index (χ1v) is 8.77. The normalized spacial score (nSPS) is 20.1. The molecule has 1 fully saturated rings. The molecule has 1 atom stereocenters. The number of amides is 3. The van der Waals surface area contributed by atoms with Gasteiger partial charge in [0, 0.05) is 18.0 Å². The fraction of sp³-hybridized carbons (Fsp3) is 0.562. The molecule has 124 valence electrons. The Morgan fingerprint density at radius 1 is 1.48 bits per heavy atom. The van der Waals surface area contributed by atoms with E-state index in [9.17, 15) is 14.4 Å². The second kappa shape index (κ2) is 6.70. The third-order valence-electron chi connectivity index (χ3n) is 4.45. The molecule has 0 spiro atoms. The van der Waals surface area contributed by atoms with Crippen LogP contribution >= 0.6 is 11.3 Å². The summed E-state index contributed by atoms with van der Waals surface area (Å²) < 4.78 is 5.08. The Kier molecular flexibility index (Phi) is 4.66. The minimum Gasteiger partial charge on any atom is -0.451 e. The van der Waals surface area contributed by atoms with Crippen LogP contribution in [0.15, 0.2) is 6.07 Å². The molecular formula is C16H20N2O4S. The van der Waals surface area contributed by atoms with Gasteiger partial charge in [-0.3, -0.25) is 9.69 Å². The van der Waals surface area contributed by atoms with Crippen molar-refractivity contribution in [3.8, 4) is 0 Å². The molecule has 1 saturated heterocycles. The van der Waals surface area contributed by atoms with E-state index in [0.29, 0.717) is 23.9 Å². The van der Waals surface area contributed by atoms with Gasteiger partial charge in [-0.15, -0.1) is 11.3 Å². The maximum absolute atomic E-state index is 12.1. The van der Waals surface area contributed by atoms with E-state index in [4.69, 9.17) is 4.74 Å². The van der Waals surface area contributed by atoms with Gasteiger partial charge in [-0.05, 0) is 36.8 Å². The van der Waals surface area contributed by atoms with Crippen molar-refractivity contribution in [2.75, 3.05) is 19.7 Å². The monoisotopic (exact) mass is 336 g/mol. The average molecular weight is 336 g/mol. The van der Waals surface area contributed by atoms with Crippen LogP contribution in [0.2, 0.25) is 0 Å². The summed E-state index contributed by atoms with van der Waals surface area (Å²) >= 11 is 1.46. The number of urea groups is 1. The topological polar surface area (TPSA) is 75.7 Å². The molecule has 3 rings (SSSR count). The average Bonchev–Trinajstić information content (AvgIpc) is 3.17. The number of nitrogens with one attached hydrogen (secondary N) is 1. The number of thiophene rings is 1. The first kappa shape index (κ1) is 16.0. The Hall–Kier alpha value is -1.89. The predicted molar refractivity (Wildman–Crippen MR) is 85.5 cm³/mol. The molecule has 1 aliphatic heterocycles. The van der Waals surface area contributed by atoms with Crippen LogP contribution in [0, 0.1) is 5.92 Å². The van der Waals surface area contributed by atoms with Gasteiger partial charge < -0.3 is 10.1 Å². The molecule has 6 nitrogen and oxygen atoms in total. The van der Waals surface area contributed by atoms with Gasteiger partial charge in [0.25, 0.3) is 5.91 Å². The maximum atomic E-state index is 12.1. The number of ether oxygens (including phenoxy) is 1. The van der Waals surface area contributed by atoms with Crippen LogP contribution in [-0.4, -0.2) is 42.5 Å². The van der Waals surface area contributed by atoms with Gasteiger partial charge in [0.15, 0.2) is 6.61 Å². The number of imide groups is 1. The molecule has 2 aliphatic rings. The highest BCUT2D eigenvalue weighted by atomic mass is 32.1. The summed E-state index contributed by atoms with van der Waals surface area (Å²) in [6, 6.07) is 1.47. The summed E-state index contributed by atoms with van der Waals surface area (Å²) in [5, 5.41) is 2.54. The van der Waals surface area contributed by atoms with Crippen molar-refractivity contribution in [2.45, 2.75) is 32.6 Å². The number of fused-ring (bicyclic) bond motifs is 1. The number of esters is 1. The van der Waals surface area contributed by atoms with E-state index in [1.807, 2.05) is 6.07 Å². The summed E-state index contributed by atoms with van der Waals surface area (Å²) in [6.45, 7) is 2.55. The van der Waals surface area contributed by atoms with E-state index in [0.717, 1.165) is 24.2 Å². The number of hydrogen-bond donors (Lipinski definition) is 1. The molecule has 0 radical (unpaired) electrons. The summed E-state index contributed by atoms with van der Waals surface area (Å²) in [7, 11) is 0. The fourth-order valence-electron chi connectivity index (χ4n) is 3.03. The SMILES string of the molecule is CCC1CCc2sc(C(=O)OCC(=O)N3CCNC3=O)cc2C1. The molecular weight excluding hydrogens is 316 g/mol. The Balaban J connectivity index is 1.58. The van der Waals surface area contributed by atoms with Crippen molar-refractivity contribution in [3.63, 3.8) is 0 Å². The molecule has 1 aromatic rings. The smallest absolute Gasteiger partial charge is 0.348 e. The van der Waals surface area contributed by atoms with Gasteiger partial charge in [0.1, 0.15) is 4.88 Å². The summed E-state index contributed by atoms with van der Waals surface area (Å²) in [5.74, 6) is -0.276. The highest BCUT2D eigenvalue weighted by Crippen LogP contribution is 2.33. The van der Waals surface area contributed by atoms with Gasteiger partial charge in [-0.25, -0.2) is 9.59 Å². The zero-order chi connectivity index (χ0) is 16.4. The Bertz CT molecular complexity index is 640. The molecule has 0 aromatic carbocycles. The summed E-state index contributed by atoms with van der Waals surface area (Å²) in [5.41, 5.74) is 1.24. The molecule has 23 heavy (non-hydrogen) atoms. The lowest BCUT2D eigenvalue weighted by Crippen LogP contribution is -2.37. The standard InChI is InChI=1S/C16H20N2O4S/c1-2-10-3-4-12-11(7-10)8-13(23-12)15(20)22-9-14(19)18-6-5-17-16(18)21/h8,10H,2-7,9H2,1H3,(H,17,21). The first-order valence-electron chi connectivity index (χ1n) is 7.95. The van der Waals surface area contributed by atoms with E-state index in [1.165, 1.54) is 28.2 Å². The largest absolute Gasteiger partial charge is 0.451 e. The second-order valence-electron chi connectivity index (χ2n) is 5.93. The number of nitrogens with zero attached hydrogens (tertiary/aromatic N) is 1. The van der Waals surface area contributed by atoms with E-state index >= 15 is 0 Å². The van der Waals surface area contributed by atoms with E-state index in [1.54, 1.807) is 0 Å². The van der Waals surface area contributed by atoms with Crippen LogP contribution in [0.1, 0.15) is 39.9 Å². The van der Waals surface area contributed by atoms with Crippen molar-refractivity contribution >= 4 is 29.2 Å². The number of carbonyl (C=O) groups excluding carboxylic acids is 3. The molecule has 7 heteroatoms. The molecule has 1 aliphatic carbocycles. The quantitative estimate of drug-likeness (QED) is 0.853. The van der Waals surface area contributed by atoms with Crippen LogP contribution in [0.5, 0.6) is 0 Å². The lowest BCUT2D eigenvalue weighted by atomic mass is 9.87. The molecule has 1 aromatic heterocycles. The van der Waals surface area contributed by atoms with E-state index < -0.39 is 24.5 Å². The highest BCUT2D eigenvalue weighted by molar-refractivity contribution is 7.14. The van der Waals surface area contributed by atoms with Gasteiger partial charge in [-0.1, -0.05) is 13.3 Å². The van der Waals surface area contributed by atoms with Gasteiger partial charge in [-0.2, -0.15) is 0 Å². The predicted octanol–water partition coefficient (Wildman–Crippen LogP) is 1.97. The van der Waals surface area contributed by atoms with Crippen molar-refractivity contribution in [1.82, 2.24) is 10.2 Å². The first-order chi connectivity index (χ1) is 11.1. The molecule has 2 heterocycles. The van der Waals surface area contributed by atoms with E-state index in [2.05, 4.69) is 12.2 Å². The van der Waals surface area contributed by atoms with Crippen molar-refractivity contribution < 1.29 is 19.1 Å². The second-order valence-corrected chi connectivity index (χ2v) is 7.07. The van der Waals surface area contributed by atoms with Gasteiger partial charge >= 0.3 is 12.0 Å². The van der Waals surface area contributed by atoms with Crippen molar-refractivity contribution in [3.05, 3.63) is 21.4 Å². The van der Waals surface area contributed by atoms with E-state index in [-0.39, 0.29) is 0 Å². The summed E-state index contributed by atoms with van der Waals surface area (Å²) in [4.78, 5) is 38.2. The molecule has 1 N–H and O–H groups in total. The third-order valence-corrected chi connectivity index (χ3v) is 5.67. The zero-order valence-corrected chi connectivity index (χ0v) is 13.9. The van der Waals surface area contributed by atoms with Crippen LogP contribution < -0.4 is 5.32 Å². The number of carbonyl (C=O) groups is 3. The van der Waals surface area contributed by atoms with Crippen LogP contribution in [0.25, 0.3) is 0 Å². The molecule has 1 unspecified atom stereocenters. The molecule has 0 saturated carbocycles. The lowest BCUT2D eigenvalue weighted by molar-refractivity contribution is -0.130.